The van der Waals surface area contributed by atoms with Gasteiger partial charge >= 0.3 is 0 Å². The number of rotatable bonds is 1. The zero-order valence-electron chi connectivity index (χ0n) is 8.28. The van der Waals surface area contributed by atoms with Gasteiger partial charge in [-0.2, -0.15) is 0 Å². The van der Waals surface area contributed by atoms with Crippen LogP contribution in [0.4, 0.5) is 5.82 Å². The van der Waals surface area contributed by atoms with E-state index in [2.05, 4.69) is 20.2 Å². The van der Waals surface area contributed by atoms with E-state index in [-0.39, 0.29) is 0 Å². The minimum Gasteiger partial charge on any atom is -0.384 e. The Labute approximate surface area is 90.8 Å². The Morgan fingerprint density at radius 1 is 1.12 bits per heavy atom. The molecule has 0 bridgehead atoms. The standard InChI is InChI=1S/C10H8N6/c11-8-5-7(1-4-13-8)10-15-14-9-2-3-12-6-16(9)10/h1-6H,(H2,11,13). The van der Waals surface area contributed by atoms with Gasteiger partial charge in [-0.25, -0.2) is 9.97 Å². The van der Waals surface area contributed by atoms with Gasteiger partial charge < -0.3 is 5.73 Å². The van der Waals surface area contributed by atoms with Crippen LogP contribution in [0.5, 0.6) is 0 Å². The van der Waals surface area contributed by atoms with E-state index in [9.17, 15) is 0 Å². The Balaban J connectivity index is 2.26. The van der Waals surface area contributed by atoms with Crippen LogP contribution in [-0.2, 0) is 0 Å². The third kappa shape index (κ3) is 1.28. The Bertz CT molecular complexity index is 644. The summed E-state index contributed by atoms with van der Waals surface area (Å²) in [5.41, 5.74) is 7.24. The molecular formula is C10H8N6. The summed E-state index contributed by atoms with van der Waals surface area (Å²) in [4.78, 5) is 7.96. The third-order valence-corrected chi connectivity index (χ3v) is 2.25. The lowest BCUT2D eigenvalue weighted by atomic mass is 10.2. The molecule has 16 heavy (non-hydrogen) atoms. The highest BCUT2D eigenvalue weighted by atomic mass is 15.3. The summed E-state index contributed by atoms with van der Waals surface area (Å²) in [7, 11) is 0. The van der Waals surface area contributed by atoms with Crippen molar-refractivity contribution < 1.29 is 0 Å². The monoisotopic (exact) mass is 212 g/mol. The Morgan fingerprint density at radius 3 is 2.94 bits per heavy atom. The summed E-state index contributed by atoms with van der Waals surface area (Å²) in [6.45, 7) is 0. The van der Waals surface area contributed by atoms with E-state index in [1.807, 2.05) is 6.07 Å². The number of fused-ring (bicyclic) bond motifs is 1. The zero-order chi connectivity index (χ0) is 11.0. The number of hydrogen-bond acceptors (Lipinski definition) is 5. The molecule has 0 aromatic carbocycles. The number of aromatic nitrogens is 5. The summed E-state index contributed by atoms with van der Waals surface area (Å²) < 4.78 is 1.80. The molecule has 0 amide bonds. The fourth-order valence-electron chi connectivity index (χ4n) is 1.53. The van der Waals surface area contributed by atoms with Crippen molar-refractivity contribution in [2.75, 3.05) is 5.73 Å². The predicted molar refractivity (Wildman–Crippen MR) is 58.4 cm³/mol. The summed E-state index contributed by atoms with van der Waals surface area (Å²) in [6.07, 6.45) is 4.98. The summed E-state index contributed by atoms with van der Waals surface area (Å²) >= 11 is 0. The summed E-state index contributed by atoms with van der Waals surface area (Å²) in [5.74, 6) is 1.16. The highest BCUT2D eigenvalue weighted by Crippen LogP contribution is 2.18. The van der Waals surface area contributed by atoms with Crippen molar-refractivity contribution in [3.05, 3.63) is 36.9 Å². The van der Waals surface area contributed by atoms with Gasteiger partial charge in [0.25, 0.3) is 0 Å². The van der Waals surface area contributed by atoms with Gasteiger partial charge in [0, 0.05) is 24.0 Å². The second-order valence-corrected chi connectivity index (χ2v) is 3.30. The van der Waals surface area contributed by atoms with Crippen molar-refractivity contribution in [2.24, 2.45) is 0 Å². The van der Waals surface area contributed by atoms with Gasteiger partial charge in [0.15, 0.2) is 11.5 Å². The van der Waals surface area contributed by atoms with Crippen LogP contribution in [0.1, 0.15) is 0 Å². The smallest absolute Gasteiger partial charge is 0.169 e. The van der Waals surface area contributed by atoms with Gasteiger partial charge in [0.2, 0.25) is 0 Å². The molecule has 78 valence electrons. The Morgan fingerprint density at radius 2 is 2.06 bits per heavy atom. The first-order valence-electron chi connectivity index (χ1n) is 4.71. The summed E-state index contributed by atoms with van der Waals surface area (Å²) in [5, 5.41) is 8.13. The molecule has 3 aromatic rings. The van der Waals surface area contributed by atoms with E-state index in [1.54, 1.807) is 35.3 Å². The number of nitrogens with zero attached hydrogens (tertiary/aromatic N) is 5. The van der Waals surface area contributed by atoms with Crippen molar-refractivity contribution in [1.82, 2.24) is 24.6 Å². The van der Waals surface area contributed by atoms with Crippen molar-refractivity contribution in [1.29, 1.82) is 0 Å². The molecule has 6 heteroatoms. The molecule has 0 radical (unpaired) electrons. The Kier molecular flexibility index (Phi) is 1.79. The largest absolute Gasteiger partial charge is 0.384 e. The molecule has 3 rings (SSSR count). The molecule has 0 unspecified atom stereocenters. The Hall–Kier alpha value is -2.50. The fourth-order valence-corrected chi connectivity index (χ4v) is 1.53. The molecule has 0 spiro atoms. The van der Waals surface area contributed by atoms with Crippen LogP contribution in [0.25, 0.3) is 17.0 Å². The molecule has 2 N–H and O–H groups in total. The van der Waals surface area contributed by atoms with Crippen LogP contribution < -0.4 is 5.73 Å². The van der Waals surface area contributed by atoms with Crippen molar-refractivity contribution in [3.8, 4) is 11.4 Å². The lowest BCUT2D eigenvalue weighted by molar-refractivity contribution is 1.08. The van der Waals surface area contributed by atoms with E-state index in [4.69, 9.17) is 5.73 Å². The molecule has 0 saturated carbocycles. The molecule has 0 aliphatic rings. The molecule has 6 nitrogen and oxygen atoms in total. The quantitative estimate of drug-likeness (QED) is 0.644. The second kappa shape index (κ2) is 3.27. The van der Waals surface area contributed by atoms with E-state index in [1.165, 1.54) is 0 Å². The van der Waals surface area contributed by atoms with Gasteiger partial charge in [-0.1, -0.05) is 0 Å². The normalized spacial score (nSPS) is 10.8. The average Bonchev–Trinajstić information content (AvgIpc) is 2.72. The van der Waals surface area contributed by atoms with Crippen molar-refractivity contribution in [3.63, 3.8) is 0 Å². The molecule has 0 aliphatic heterocycles. The van der Waals surface area contributed by atoms with Gasteiger partial charge in [-0.3, -0.25) is 4.40 Å². The van der Waals surface area contributed by atoms with Crippen molar-refractivity contribution in [2.45, 2.75) is 0 Å². The van der Waals surface area contributed by atoms with Crippen LogP contribution >= 0.6 is 0 Å². The van der Waals surface area contributed by atoms with Crippen LogP contribution in [0, 0.1) is 0 Å². The highest BCUT2D eigenvalue weighted by Gasteiger charge is 2.07. The number of hydrogen-bond donors (Lipinski definition) is 1. The van der Waals surface area contributed by atoms with Gasteiger partial charge in [0.1, 0.15) is 12.1 Å². The molecule has 0 fully saturated rings. The number of nitrogens with two attached hydrogens (primary N) is 1. The molecule has 3 heterocycles. The zero-order valence-corrected chi connectivity index (χ0v) is 8.28. The van der Waals surface area contributed by atoms with E-state index >= 15 is 0 Å². The number of nitrogen functional groups attached to an aromatic ring is 1. The lowest BCUT2D eigenvalue weighted by Gasteiger charge is -1.99. The van der Waals surface area contributed by atoms with Crippen LogP contribution in [-0.4, -0.2) is 24.6 Å². The lowest BCUT2D eigenvalue weighted by Crippen LogP contribution is -1.93. The molecule has 3 aromatic heterocycles. The number of anilines is 1. The molecule has 0 saturated heterocycles. The van der Waals surface area contributed by atoms with Gasteiger partial charge in [-0.15, -0.1) is 10.2 Å². The van der Waals surface area contributed by atoms with E-state index in [0.717, 1.165) is 11.2 Å². The van der Waals surface area contributed by atoms with Crippen LogP contribution in [0.2, 0.25) is 0 Å². The summed E-state index contributed by atoms with van der Waals surface area (Å²) in [6, 6.07) is 5.38. The molecule has 0 atom stereocenters. The van der Waals surface area contributed by atoms with Crippen LogP contribution in [0.3, 0.4) is 0 Å². The predicted octanol–water partition coefficient (Wildman–Crippen LogP) is 0.768. The van der Waals surface area contributed by atoms with E-state index < -0.39 is 0 Å². The average molecular weight is 212 g/mol. The fraction of sp³-hybridized carbons (Fsp3) is 0. The second-order valence-electron chi connectivity index (χ2n) is 3.30. The number of pyridine rings is 1. The maximum atomic E-state index is 5.62. The maximum absolute atomic E-state index is 5.62. The van der Waals surface area contributed by atoms with Gasteiger partial charge in [-0.05, 0) is 12.1 Å². The molecular weight excluding hydrogens is 204 g/mol. The first kappa shape index (κ1) is 8.78. The maximum Gasteiger partial charge on any atom is 0.169 e. The van der Waals surface area contributed by atoms with Crippen molar-refractivity contribution >= 4 is 11.5 Å². The highest BCUT2D eigenvalue weighted by molar-refractivity contribution is 5.61. The minimum atomic E-state index is 0.457. The topological polar surface area (TPSA) is 82.0 Å². The van der Waals surface area contributed by atoms with Crippen LogP contribution in [0.15, 0.2) is 36.9 Å². The minimum absolute atomic E-state index is 0.457. The molecule has 0 aliphatic carbocycles. The SMILES string of the molecule is Nc1cc(-c2nnc3ccncn23)ccn1. The first-order chi connectivity index (χ1) is 7.84. The van der Waals surface area contributed by atoms with E-state index in [0.29, 0.717) is 11.6 Å². The first-order valence-corrected chi connectivity index (χ1v) is 4.71. The van der Waals surface area contributed by atoms with Gasteiger partial charge in [0.05, 0.1) is 0 Å². The third-order valence-electron chi connectivity index (χ3n) is 2.25.